The molecule has 0 unspecified atom stereocenters. The summed E-state index contributed by atoms with van der Waals surface area (Å²) in [5, 5.41) is 3.10. The Balaban J connectivity index is -0.000000321. The predicted octanol–water partition coefficient (Wildman–Crippen LogP) is 17.1. The van der Waals surface area contributed by atoms with Gasteiger partial charge in [0.15, 0.2) is 0 Å². The van der Waals surface area contributed by atoms with Crippen LogP contribution in [0, 0.1) is 0 Å². The van der Waals surface area contributed by atoms with E-state index in [0.29, 0.717) is 45.0 Å². The molecule has 7 aliphatic heterocycles. The third kappa shape index (κ3) is 52.1. The van der Waals surface area contributed by atoms with Gasteiger partial charge >= 0.3 is 0 Å². The van der Waals surface area contributed by atoms with Crippen molar-refractivity contribution in [3.05, 3.63) is 0 Å². The normalized spacial score (nSPS) is 19.7. The van der Waals surface area contributed by atoms with Crippen molar-refractivity contribution in [2.24, 2.45) is 0 Å². The van der Waals surface area contributed by atoms with Crippen LogP contribution in [0.5, 0.6) is 0 Å². The minimum Gasteiger partial charge on any atom is -0.379 e. The number of hydrogen-bond donors (Lipinski definition) is 1. The highest BCUT2D eigenvalue weighted by molar-refractivity contribution is 5.79. The number of hydrogen-bond acceptors (Lipinski definition) is 12. The fraction of sp³-hybridized carbons (Fsp3) is 0.963. The molecule has 7 rings (SSSR count). The standard InChI is InChI=1S/C10H20N2O.C10H21N.C9H20N2.C9H17NO.C9H19N.C8H15NO.C8H17N.C6H15N.C5H13N.C5H12O.2CH4/c1-9(13)11-5-7-12(8-6-11)10(2,3)4;1-10(2,3)11-8-6-4-5-7-9-11;1-9(2,3)11-7-5-10(4)6-8-11;1-9(2,3)10-7-5-4-6-8(10)11;1-9(2,3)10-7-5-4-6-8-10;1-8(2,3)9-6-4-5-7(9)10;1-8(2,3)9-6-4-5-7-9;1-6(2,3)7(4)5;2*1-5(2,3)6-4;;/h5-8H2,1-4H3;4-9H2,1-3H3;5-8H2,1-4H3;4-7H2,1-3H3;4-8H2,1-3H3;4-6H2,1-3H3;4-7H2,1-3H3;1-5H3;6H,1-4H3;1-4H3;2*1H4. The maximum atomic E-state index is 11.4. The monoisotopic (exact) mass is 1370 g/mol. The first-order valence-electron chi connectivity index (χ1n) is 37.5. The van der Waals surface area contributed by atoms with Gasteiger partial charge in [-0.3, -0.25) is 38.9 Å². The van der Waals surface area contributed by atoms with Crippen LogP contribution in [0.25, 0.3) is 0 Å². The summed E-state index contributed by atoms with van der Waals surface area (Å²) in [6.07, 6.45) is 17.5. The van der Waals surface area contributed by atoms with E-state index < -0.39 is 0 Å². The molecule has 1 N–H and O–H groups in total. The molecule has 0 aromatic rings. The Kier molecular flexibility index (Phi) is 50.6. The van der Waals surface area contributed by atoms with E-state index in [1.54, 1.807) is 14.0 Å². The molecule has 7 saturated heterocycles. The first-order chi connectivity index (χ1) is 42.3. The van der Waals surface area contributed by atoms with E-state index in [1.165, 1.54) is 130 Å². The van der Waals surface area contributed by atoms with Gasteiger partial charge in [-0.2, -0.15) is 0 Å². The van der Waals surface area contributed by atoms with Crippen LogP contribution in [0.4, 0.5) is 0 Å². The summed E-state index contributed by atoms with van der Waals surface area (Å²) in [4.78, 5) is 56.7. The number of likely N-dealkylation sites (tertiary alicyclic amines) is 5. The van der Waals surface area contributed by atoms with E-state index in [0.717, 1.165) is 65.0 Å². The van der Waals surface area contributed by atoms with Crippen LogP contribution in [-0.4, -0.2) is 262 Å². The number of piperidine rings is 2. The SMILES string of the molecule is C.C.CC(=O)N1CCN(C(C)(C)C)CC1.CC(C)(C)N1CCCC1.CC(C)(C)N1CCCC1=O.CC(C)(C)N1CCCCC1.CC(C)(C)N1CCCCC1=O.CC(C)(C)N1CCCCCC1.CN(C)C(C)(C)C.CN1CCN(C(C)(C)C)CC1.CNC(C)(C)C.COC(C)(C)C. The maximum Gasteiger partial charge on any atom is 0.223 e. The maximum absolute atomic E-state index is 11.4. The number of nitrogens with zero attached hydrogens (tertiary/aromatic N) is 10. The summed E-state index contributed by atoms with van der Waals surface area (Å²) in [5.74, 6) is 0.838. The van der Waals surface area contributed by atoms with Crippen LogP contribution < -0.4 is 5.32 Å². The molecule has 0 aliphatic carbocycles. The highest BCUT2D eigenvalue weighted by Gasteiger charge is 2.32. The molecule has 3 amide bonds. The lowest BCUT2D eigenvalue weighted by Gasteiger charge is -2.42. The first kappa shape index (κ1) is 103. The van der Waals surface area contributed by atoms with Crippen molar-refractivity contribution in [3.8, 4) is 0 Å². The second-order valence-corrected chi connectivity index (χ2v) is 37.7. The quantitative estimate of drug-likeness (QED) is 0.250. The molecular formula is C81H177N11O4. The van der Waals surface area contributed by atoms with Crippen molar-refractivity contribution in [1.82, 2.24) is 54.3 Å². The second kappa shape index (κ2) is 47.3. The number of nitrogens with one attached hydrogen (secondary N) is 1. The van der Waals surface area contributed by atoms with Crippen LogP contribution in [0.1, 0.15) is 319 Å². The molecule has 15 heteroatoms. The zero-order chi connectivity index (χ0) is 74.1. The van der Waals surface area contributed by atoms with Gasteiger partial charge in [0, 0.05) is 142 Å². The van der Waals surface area contributed by atoms with Gasteiger partial charge in [0.25, 0.3) is 0 Å². The molecule has 0 spiro atoms. The summed E-state index contributed by atoms with van der Waals surface area (Å²) >= 11 is 0. The lowest BCUT2D eigenvalue weighted by atomic mass is 10.0. The summed E-state index contributed by atoms with van der Waals surface area (Å²) < 4.78 is 4.94. The van der Waals surface area contributed by atoms with Crippen LogP contribution in [-0.2, 0) is 19.1 Å². The minimum atomic E-state index is 0. The molecule has 96 heavy (non-hydrogen) atoms. The number of amides is 3. The van der Waals surface area contributed by atoms with Crippen molar-refractivity contribution in [1.29, 1.82) is 0 Å². The van der Waals surface area contributed by atoms with E-state index in [2.05, 4.69) is 248 Å². The van der Waals surface area contributed by atoms with Crippen molar-refractivity contribution in [3.63, 3.8) is 0 Å². The zero-order valence-corrected chi connectivity index (χ0v) is 70.3. The van der Waals surface area contributed by atoms with Crippen molar-refractivity contribution in [2.75, 3.05) is 140 Å². The summed E-state index contributed by atoms with van der Waals surface area (Å²) in [6.45, 7) is 85.8. The van der Waals surface area contributed by atoms with Crippen LogP contribution >= 0.6 is 0 Å². The Labute approximate surface area is 603 Å². The van der Waals surface area contributed by atoms with Crippen LogP contribution in [0.3, 0.4) is 0 Å². The lowest BCUT2D eigenvalue weighted by molar-refractivity contribution is -0.138. The molecule has 0 bridgehead atoms. The average Bonchev–Trinajstić information content (AvgIpc) is 1.10. The van der Waals surface area contributed by atoms with Crippen molar-refractivity contribution < 1.29 is 19.1 Å². The van der Waals surface area contributed by atoms with Gasteiger partial charge in [-0.1, -0.05) is 34.1 Å². The number of methoxy groups -OCH3 is 1. The second-order valence-electron chi connectivity index (χ2n) is 37.7. The minimum absolute atomic E-state index is 0. The topological polar surface area (TPSA) is 105 Å². The van der Waals surface area contributed by atoms with E-state index in [-0.39, 0.29) is 43.0 Å². The molecule has 0 aromatic heterocycles. The number of ether oxygens (including phenoxy) is 1. The lowest BCUT2D eigenvalue weighted by Crippen LogP contribution is -2.54. The number of carbonyl (C=O) groups is 3. The Morgan fingerprint density at radius 3 is 0.781 bits per heavy atom. The zero-order valence-electron chi connectivity index (χ0n) is 70.3. The number of likely N-dealkylation sites (N-methyl/N-ethyl adjacent to an activating group) is 1. The van der Waals surface area contributed by atoms with Gasteiger partial charge < -0.3 is 34.6 Å². The van der Waals surface area contributed by atoms with Gasteiger partial charge in [0.1, 0.15) is 0 Å². The Morgan fingerprint density at radius 2 is 0.583 bits per heavy atom. The molecule has 0 saturated carbocycles. The third-order valence-corrected chi connectivity index (χ3v) is 18.8. The molecule has 7 heterocycles. The van der Waals surface area contributed by atoms with E-state index in [9.17, 15) is 14.4 Å². The fourth-order valence-corrected chi connectivity index (χ4v) is 10.7. The number of carbonyl (C=O) groups excluding carboxylic acids is 3. The van der Waals surface area contributed by atoms with Crippen LogP contribution in [0.2, 0.25) is 0 Å². The number of piperazine rings is 2. The molecule has 580 valence electrons. The van der Waals surface area contributed by atoms with Crippen molar-refractivity contribution in [2.45, 2.75) is 375 Å². The summed E-state index contributed by atoms with van der Waals surface area (Å²) in [7, 11) is 10.0. The summed E-state index contributed by atoms with van der Waals surface area (Å²) in [5.41, 5.74) is 2.54. The largest absolute Gasteiger partial charge is 0.379 e. The van der Waals surface area contributed by atoms with E-state index in [4.69, 9.17) is 4.74 Å². The third-order valence-electron chi connectivity index (χ3n) is 18.8. The molecule has 0 aromatic carbocycles. The van der Waals surface area contributed by atoms with E-state index in [1.807, 2.05) is 42.5 Å². The van der Waals surface area contributed by atoms with Gasteiger partial charge in [0.2, 0.25) is 17.7 Å². The molecule has 7 aliphatic rings. The molecule has 7 fully saturated rings. The van der Waals surface area contributed by atoms with Gasteiger partial charge in [-0.15, -0.1) is 0 Å². The molecule has 0 atom stereocenters. The van der Waals surface area contributed by atoms with Gasteiger partial charge in [-0.25, -0.2) is 0 Å². The van der Waals surface area contributed by atoms with Gasteiger partial charge in [-0.05, 0) is 333 Å². The smallest absolute Gasteiger partial charge is 0.223 e. The van der Waals surface area contributed by atoms with Crippen LogP contribution in [0.15, 0.2) is 0 Å². The molecule has 15 nitrogen and oxygen atoms in total. The fourth-order valence-electron chi connectivity index (χ4n) is 10.7. The summed E-state index contributed by atoms with van der Waals surface area (Å²) in [6, 6.07) is 0. The molecular weight excluding hydrogens is 1190 g/mol. The highest BCUT2D eigenvalue weighted by Crippen LogP contribution is 2.25. The van der Waals surface area contributed by atoms with Crippen molar-refractivity contribution >= 4 is 17.7 Å². The van der Waals surface area contributed by atoms with E-state index >= 15 is 0 Å². The first-order valence-corrected chi connectivity index (χ1v) is 37.5. The Morgan fingerprint density at radius 1 is 0.365 bits per heavy atom. The Bertz CT molecular complexity index is 1910. The molecule has 0 radical (unpaired) electrons. The highest BCUT2D eigenvalue weighted by atomic mass is 16.5. The average molecular weight is 1370 g/mol. The number of rotatable bonds is 0. The van der Waals surface area contributed by atoms with Gasteiger partial charge in [0.05, 0.1) is 5.60 Å². The Hall–Kier alpha value is -1.95. The predicted molar refractivity (Wildman–Crippen MR) is 426 cm³/mol.